The first kappa shape index (κ1) is 14.7. The predicted octanol–water partition coefficient (Wildman–Crippen LogP) is 1.46. The van der Waals surface area contributed by atoms with Crippen molar-refractivity contribution < 1.29 is 0 Å². The Labute approximate surface area is 138 Å². The van der Waals surface area contributed by atoms with Gasteiger partial charge in [-0.2, -0.15) is 5.10 Å². The molecular weight excluding hydrogens is 310 g/mol. The highest BCUT2D eigenvalue weighted by atomic mass is 32.2. The molecule has 3 aromatic heterocycles. The fourth-order valence-electron chi connectivity index (χ4n) is 3.06. The molecule has 1 aliphatic heterocycles. The molecule has 0 unspecified atom stereocenters. The van der Waals surface area contributed by atoms with Crippen molar-refractivity contribution in [3.05, 3.63) is 31.0 Å². The Kier molecular flexibility index (Phi) is 3.59. The van der Waals surface area contributed by atoms with Crippen LogP contribution >= 0.6 is 11.9 Å². The predicted molar refractivity (Wildman–Crippen MR) is 91.8 cm³/mol. The molecule has 3 N–H and O–H groups in total. The van der Waals surface area contributed by atoms with Crippen molar-refractivity contribution in [2.24, 2.45) is 5.73 Å². The highest BCUT2D eigenvalue weighted by Gasteiger charge is 2.44. The normalized spacial score (nSPS) is 17.5. The average Bonchev–Trinajstić information content (AvgIpc) is 3.19. The molecule has 0 radical (unpaired) electrons. The van der Waals surface area contributed by atoms with Crippen LogP contribution in [0.1, 0.15) is 6.92 Å². The molecule has 0 spiro atoms. The van der Waals surface area contributed by atoms with E-state index in [9.17, 15) is 0 Å². The minimum atomic E-state index is -0.106. The zero-order valence-corrected chi connectivity index (χ0v) is 13.8. The number of hydrogen-bond acceptors (Lipinski definition) is 6. The van der Waals surface area contributed by atoms with Crippen molar-refractivity contribution in [2.75, 3.05) is 25.4 Å². The lowest BCUT2D eigenvalue weighted by molar-refractivity contribution is 0.0853. The summed E-state index contributed by atoms with van der Waals surface area (Å²) < 4.78 is 4.35. The molecule has 0 saturated carbocycles. The van der Waals surface area contributed by atoms with Gasteiger partial charge in [-0.1, -0.05) is 18.9 Å². The first-order chi connectivity index (χ1) is 11.3. The standard InChI is InChI=1S/C15H19N7S/c1-2-23-21-8-15(7-16,9-21)22-6-11(5-20-22)13-12-3-4-17-14(12)19-10-18-13/h3-6,10H,2,7-9,16H2,1H3,(H,17,18,19). The number of nitrogens with zero attached hydrogens (tertiary/aromatic N) is 5. The van der Waals surface area contributed by atoms with E-state index in [1.54, 1.807) is 6.33 Å². The first-order valence-electron chi connectivity index (χ1n) is 7.67. The van der Waals surface area contributed by atoms with Crippen molar-refractivity contribution in [3.8, 4) is 11.3 Å². The fourth-order valence-corrected chi connectivity index (χ4v) is 4.09. The molecule has 8 heteroatoms. The zero-order valence-electron chi connectivity index (χ0n) is 12.9. The molecule has 0 bridgehead atoms. The van der Waals surface area contributed by atoms with Gasteiger partial charge in [0.2, 0.25) is 0 Å². The molecule has 120 valence electrons. The summed E-state index contributed by atoms with van der Waals surface area (Å²) in [4.78, 5) is 11.8. The quantitative estimate of drug-likeness (QED) is 0.689. The third kappa shape index (κ3) is 2.34. The number of fused-ring (bicyclic) bond motifs is 1. The van der Waals surface area contributed by atoms with Crippen LogP contribution in [0.2, 0.25) is 0 Å². The van der Waals surface area contributed by atoms with Crippen LogP contribution in [0.25, 0.3) is 22.3 Å². The van der Waals surface area contributed by atoms with Crippen molar-refractivity contribution in [2.45, 2.75) is 12.5 Å². The van der Waals surface area contributed by atoms with Gasteiger partial charge in [-0.05, 0) is 6.07 Å². The summed E-state index contributed by atoms with van der Waals surface area (Å²) in [6.07, 6.45) is 7.37. The van der Waals surface area contributed by atoms with E-state index >= 15 is 0 Å². The summed E-state index contributed by atoms with van der Waals surface area (Å²) in [6.45, 7) is 4.59. The fraction of sp³-hybridized carbons (Fsp3) is 0.400. The highest BCUT2D eigenvalue weighted by Crippen LogP contribution is 2.34. The molecule has 0 atom stereocenters. The van der Waals surface area contributed by atoms with Gasteiger partial charge in [-0.15, -0.1) is 0 Å². The van der Waals surface area contributed by atoms with Gasteiger partial charge in [0.1, 0.15) is 17.5 Å². The lowest BCUT2D eigenvalue weighted by atomic mass is 9.93. The second-order valence-electron chi connectivity index (χ2n) is 5.78. The van der Waals surface area contributed by atoms with Crippen molar-refractivity contribution in [3.63, 3.8) is 0 Å². The minimum Gasteiger partial charge on any atom is -0.346 e. The maximum absolute atomic E-state index is 6.05. The maximum atomic E-state index is 6.05. The summed E-state index contributed by atoms with van der Waals surface area (Å²) in [5.74, 6) is 1.08. The van der Waals surface area contributed by atoms with Crippen molar-refractivity contribution in [1.82, 2.24) is 29.0 Å². The molecular formula is C15H19N7S. The van der Waals surface area contributed by atoms with E-state index in [1.165, 1.54) is 0 Å². The van der Waals surface area contributed by atoms with E-state index in [1.807, 2.05) is 35.1 Å². The van der Waals surface area contributed by atoms with Crippen LogP contribution in [0.5, 0.6) is 0 Å². The van der Waals surface area contributed by atoms with Crippen LogP contribution in [0, 0.1) is 0 Å². The van der Waals surface area contributed by atoms with Gasteiger partial charge in [0.15, 0.2) is 0 Å². The van der Waals surface area contributed by atoms with Crippen LogP contribution in [-0.4, -0.2) is 54.4 Å². The molecule has 1 fully saturated rings. The number of H-pyrrole nitrogens is 1. The Morgan fingerprint density at radius 1 is 1.39 bits per heavy atom. The van der Waals surface area contributed by atoms with E-state index < -0.39 is 0 Å². The largest absolute Gasteiger partial charge is 0.346 e. The second-order valence-corrected chi connectivity index (χ2v) is 7.13. The molecule has 3 aromatic rings. The van der Waals surface area contributed by atoms with Gasteiger partial charge >= 0.3 is 0 Å². The average molecular weight is 329 g/mol. The number of nitrogens with one attached hydrogen (secondary N) is 1. The molecule has 7 nitrogen and oxygen atoms in total. The SMILES string of the molecule is CCSN1CC(CN)(n2cc(-c3ncnc4[nH]ccc34)cn2)C1. The Balaban J connectivity index is 1.66. The lowest BCUT2D eigenvalue weighted by Gasteiger charge is -2.48. The van der Waals surface area contributed by atoms with Crippen LogP contribution in [0.4, 0.5) is 0 Å². The Hall–Kier alpha value is -1.90. The summed E-state index contributed by atoms with van der Waals surface area (Å²) in [7, 11) is 0. The third-order valence-corrected chi connectivity index (χ3v) is 5.21. The van der Waals surface area contributed by atoms with E-state index in [0.717, 1.165) is 41.1 Å². The zero-order chi connectivity index (χ0) is 15.9. The monoisotopic (exact) mass is 329 g/mol. The molecule has 4 rings (SSSR count). The summed E-state index contributed by atoms with van der Waals surface area (Å²) in [5, 5.41) is 5.58. The van der Waals surface area contributed by atoms with Gasteiger partial charge in [-0.3, -0.25) is 4.68 Å². The van der Waals surface area contributed by atoms with E-state index in [-0.39, 0.29) is 5.54 Å². The third-order valence-electron chi connectivity index (χ3n) is 4.33. The lowest BCUT2D eigenvalue weighted by Crippen LogP contribution is -2.64. The summed E-state index contributed by atoms with van der Waals surface area (Å²) in [6, 6.07) is 1.99. The number of aromatic amines is 1. The topological polar surface area (TPSA) is 88.6 Å². The van der Waals surface area contributed by atoms with E-state index in [4.69, 9.17) is 5.73 Å². The molecule has 0 amide bonds. The van der Waals surface area contributed by atoms with E-state index in [2.05, 4.69) is 37.5 Å². The van der Waals surface area contributed by atoms with Crippen LogP contribution in [0.3, 0.4) is 0 Å². The Morgan fingerprint density at radius 2 is 2.26 bits per heavy atom. The molecule has 4 heterocycles. The van der Waals surface area contributed by atoms with Crippen LogP contribution in [0.15, 0.2) is 31.0 Å². The first-order valence-corrected chi connectivity index (χ1v) is 8.61. The maximum Gasteiger partial charge on any atom is 0.141 e. The van der Waals surface area contributed by atoms with Crippen molar-refractivity contribution >= 4 is 23.0 Å². The molecule has 0 aliphatic carbocycles. The van der Waals surface area contributed by atoms with Gasteiger partial charge in [0.25, 0.3) is 0 Å². The summed E-state index contributed by atoms with van der Waals surface area (Å²) >= 11 is 1.85. The smallest absolute Gasteiger partial charge is 0.141 e. The van der Waals surface area contributed by atoms with Gasteiger partial charge in [0, 0.05) is 48.7 Å². The number of hydrogen-bond donors (Lipinski definition) is 2. The Bertz CT molecular complexity index is 818. The van der Waals surface area contributed by atoms with Gasteiger partial charge in [-0.25, -0.2) is 14.3 Å². The van der Waals surface area contributed by atoms with Crippen molar-refractivity contribution in [1.29, 1.82) is 0 Å². The highest BCUT2D eigenvalue weighted by molar-refractivity contribution is 7.97. The minimum absolute atomic E-state index is 0.106. The number of aromatic nitrogens is 5. The van der Waals surface area contributed by atoms with Gasteiger partial charge in [0.05, 0.1) is 11.9 Å². The Morgan fingerprint density at radius 3 is 3.04 bits per heavy atom. The molecule has 23 heavy (non-hydrogen) atoms. The summed E-state index contributed by atoms with van der Waals surface area (Å²) in [5.41, 5.74) is 8.67. The molecule has 1 aliphatic rings. The second kappa shape index (κ2) is 5.63. The molecule has 1 saturated heterocycles. The van der Waals surface area contributed by atoms with Crippen LogP contribution in [-0.2, 0) is 5.54 Å². The van der Waals surface area contributed by atoms with E-state index in [0.29, 0.717) is 6.54 Å². The number of rotatable bonds is 5. The van der Waals surface area contributed by atoms with Gasteiger partial charge < -0.3 is 10.7 Å². The van der Waals surface area contributed by atoms with Crippen LogP contribution < -0.4 is 5.73 Å². The number of nitrogens with two attached hydrogens (primary N) is 1. The molecule has 0 aromatic carbocycles.